The zero-order valence-electron chi connectivity index (χ0n) is 10.4. The first kappa shape index (κ1) is 14.3. The molecule has 0 spiro atoms. The summed E-state index contributed by atoms with van der Waals surface area (Å²) in [5.74, 6) is 0. The van der Waals surface area contributed by atoms with Gasteiger partial charge in [-0.25, -0.2) is 17.4 Å². The van der Waals surface area contributed by atoms with Gasteiger partial charge in [0.15, 0.2) is 0 Å². The lowest BCUT2D eigenvalue weighted by atomic mass is 10.3. The Morgan fingerprint density at radius 3 is 2.58 bits per heavy atom. The van der Waals surface area contributed by atoms with E-state index < -0.39 is 10.0 Å². The molecule has 0 aliphatic carbocycles. The lowest BCUT2D eigenvalue weighted by Gasteiger charge is -2.13. The summed E-state index contributed by atoms with van der Waals surface area (Å²) >= 11 is 2.12. The van der Waals surface area contributed by atoms with Crippen molar-refractivity contribution < 1.29 is 8.42 Å². The Bertz CT molecular complexity index is 709. The summed E-state index contributed by atoms with van der Waals surface area (Å²) in [6.07, 6.45) is 3.45. The second-order valence-electron chi connectivity index (χ2n) is 4.11. The normalized spacial score (nSPS) is 12.0. The number of rotatable bonds is 3. The zero-order valence-corrected chi connectivity index (χ0v) is 13.4. The zero-order chi connectivity index (χ0) is 14.2. The van der Waals surface area contributed by atoms with Crippen LogP contribution in [0.15, 0.2) is 35.5 Å². The van der Waals surface area contributed by atoms with E-state index in [9.17, 15) is 8.42 Å². The average molecular weight is 392 g/mol. The Labute approximate surface area is 125 Å². The molecular weight excluding hydrogens is 379 g/mol. The lowest BCUT2D eigenvalue weighted by molar-refractivity contribution is 0.520. The number of aromatic nitrogens is 2. The molecule has 102 valence electrons. The fraction of sp³-hybridized carbons (Fsp3) is 0.182. The Hall–Kier alpha value is -1.13. The van der Waals surface area contributed by atoms with Gasteiger partial charge in [0.2, 0.25) is 10.0 Å². The molecule has 8 heteroatoms. The molecule has 2 rings (SSSR count). The number of hydrogen-bond donors (Lipinski definition) is 1. The predicted molar refractivity (Wildman–Crippen MR) is 81.6 cm³/mol. The molecule has 0 saturated heterocycles. The smallest absolute Gasteiger partial charge is 0.242 e. The van der Waals surface area contributed by atoms with Crippen LogP contribution < -0.4 is 5.73 Å². The van der Waals surface area contributed by atoms with Gasteiger partial charge in [0.05, 0.1) is 26.0 Å². The molecule has 2 aromatic rings. The molecule has 2 N–H and O–H groups in total. The average Bonchev–Trinajstić information content (AvgIpc) is 2.75. The van der Waals surface area contributed by atoms with Gasteiger partial charge in [-0.1, -0.05) is 0 Å². The van der Waals surface area contributed by atoms with Crippen molar-refractivity contribution in [2.45, 2.75) is 4.90 Å². The molecule has 0 fully saturated rings. The van der Waals surface area contributed by atoms with Crippen LogP contribution in [0, 0.1) is 3.57 Å². The topological polar surface area (TPSA) is 81.2 Å². The van der Waals surface area contributed by atoms with Crippen molar-refractivity contribution in [2.24, 2.45) is 0 Å². The van der Waals surface area contributed by atoms with Gasteiger partial charge in [0.25, 0.3) is 0 Å². The van der Waals surface area contributed by atoms with Gasteiger partial charge in [0, 0.05) is 20.3 Å². The van der Waals surface area contributed by atoms with E-state index in [1.54, 1.807) is 23.1 Å². The number of nitrogens with zero attached hydrogens (tertiary/aromatic N) is 3. The number of hydrogen-bond acceptors (Lipinski definition) is 4. The van der Waals surface area contributed by atoms with Crippen molar-refractivity contribution in [3.05, 3.63) is 34.2 Å². The number of sulfonamides is 1. The fourth-order valence-electron chi connectivity index (χ4n) is 1.53. The first-order valence-electron chi connectivity index (χ1n) is 5.35. The van der Waals surface area contributed by atoms with E-state index in [0.717, 1.165) is 7.88 Å². The Kier molecular flexibility index (Phi) is 3.83. The predicted octanol–water partition coefficient (Wildman–Crippen LogP) is 1.31. The highest BCUT2D eigenvalue weighted by molar-refractivity contribution is 14.1. The molecule has 19 heavy (non-hydrogen) atoms. The molecule has 1 heterocycles. The van der Waals surface area contributed by atoms with E-state index in [1.165, 1.54) is 26.2 Å². The minimum atomic E-state index is -3.48. The van der Waals surface area contributed by atoms with Crippen molar-refractivity contribution in [1.29, 1.82) is 0 Å². The third kappa shape index (κ3) is 2.74. The monoisotopic (exact) mass is 392 g/mol. The molecule has 1 aromatic heterocycles. The summed E-state index contributed by atoms with van der Waals surface area (Å²) in [4.78, 5) is 0.187. The van der Waals surface area contributed by atoms with Crippen molar-refractivity contribution in [1.82, 2.24) is 14.1 Å². The second kappa shape index (κ2) is 5.10. The van der Waals surface area contributed by atoms with Crippen LogP contribution in [0.25, 0.3) is 5.69 Å². The van der Waals surface area contributed by atoms with Gasteiger partial charge < -0.3 is 5.73 Å². The van der Waals surface area contributed by atoms with Gasteiger partial charge in [-0.05, 0) is 40.8 Å². The van der Waals surface area contributed by atoms with Crippen molar-refractivity contribution in [3.8, 4) is 5.69 Å². The summed E-state index contributed by atoms with van der Waals surface area (Å²) < 4.78 is 27.8. The van der Waals surface area contributed by atoms with E-state index in [2.05, 4.69) is 27.7 Å². The molecule has 0 aliphatic heterocycles. The summed E-state index contributed by atoms with van der Waals surface area (Å²) in [5.41, 5.74) is 6.90. The Morgan fingerprint density at radius 1 is 1.37 bits per heavy atom. The highest BCUT2D eigenvalue weighted by atomic mass is 127. The van der Waals surface area contributed by atoms with Crippen LogP contribution in [0.3, 0.4) is 0 Å². The molecule has 1 aromatic carbocycles. The van der Waals surface area contributed by atoms with Crippen LogP contribution in [0.4, 0.5) is 5.69 Å². The number of anilines is 1. The maximum Gasteiger partial charge on any atom is 0.242 e. The van der Waals surface area contributed by atoms with Gasteiger partial charge in [-0.15, -0.1) is 0 Å². The molecule has 0 amide bonds. The van der Waals surface area contributed by atoms with Crippen LogP contribution in [0.1, 0.15) is 0 Å². The quantitative estimate of drug-likeness (QED) is 0.631. The van der Waals surface area contributed by atoms with Gasteiger partial charge in [-0.3, -0.25) is 0 Å². The minimum Gasteiger partial charge on any atom is -0.397 e. The number of halogens is 1. The summed E-state index contributed by atoms with van der Waals surface area (Å²) in [6.45, 7) is 0. The molecule has 0 bridgehead atoms. The van der Waals surface area contributed by atoms with Crippen LogP contribution in [-0.4, -0.2) is 36.6 Å². The molecule has 0 radical (unpaired) electrons. The van der Waals surface area contributed by atoms with Gasteiger partial charge >= 0.3 is 0 Å². The Morgan fingerprint density at radius 2 is 2.05 bits per heavy atom. The summed E-state index contributed by atoms with van der Waals surface area (Å²) in [7, 11) is -0.506. The summed E-state index contributed by atoms with van der Waals surface area (Å²) in [6, 6.07) is 4.58. The molecular formula is C11H13IN4O2S. The molecule has 0 saturated carbocycles. The first-order valence-corrected chi connectivity index (χ1v) is 7.87. The van der Waals surface area contributed by atoms with E-state index in [1.807, 2.05) is 0 Å². The number of nitrogen functional groups attached to an aromatic ring is 1. The van der Waals surface area contributed by atoms with Crippen molar-refractivity contribution >= 4 is 38.3 Å². The van der Waals surface area contributed by atoms with Gasteiger partial charge in [0.1, 0.15) is 0 Å². The van der Waals surface area contributed by atoms with Crippen LogP contribution >= 0.6 is 22.6 Å². The highest BCUT2D eigenvalue weighted by Gasteiger charge is 2.18. The van der Waals surface area contributed by atoms with Crippen molar-refractivity contribution in [2.75, 3.05) is 19.8 Å². The van der Waals surface area contributed by atoms with E-state index in [-0.39, 0.29) is 4.90 Å². The van der Waals surface area contributed by atoms with Crippen molar-refractivity contribution in [3.63, 3.8) is 0 Å². The minimum absolute atomic E-state index is 0.187. The number of nitrogens with two attached hydrogens (primary N) is 1. The fourth-order valence-corrected chi connectivity index (χ4v) is 2.84. The Balaban J connectivity index is 2.59. The molecule has 0 atom stereocenters. The lowest BCUT2D eigenvalue weighted by Crippen LogP contribution is -2.22. The third-order valence-electron chi connectivity index (χ3n) is 2.58. The van der Waals surface area contributed by atoms with Crippen LogP contribution in [0.5, 0.6) is 0 Å². The van der Waals surface area contributed by atoms with Gasteiger partial charge in [-0.2, -0.15) is 5.10 Å². The third-order valence-corrected chi connectivity index (χ3v) is 4.95. The van der Waals surface area contributed by atoms with Crippen LogP contribution in [-0.2, 0) is 10.0 Å². The van der Waals surface area contributed by atoms with E-state index in [4.69, 9.17) is 5.73 Å². The maximum atomic E-state index is 12.1. The second-order valence-corrected chi connectivity index (χ2v) is 7.51. The van der Waals surface area contributed by atoms with Crippen LogP contribution in [0.2, 0.25) is 0 Å². The standard InChI is InChI=1S/C11H13IN4O2S/c1-15(2)19(17,18)9-3-4-10(13)11(5-9)16-7-8(12)6-14-16/h3-7H,13H2,1-2H3. The largest absolute Gasteiger partial charge is 0.397 e. The van der Waals surface area contributed by atoms with E-state index in [0.29, 0.717) is 11.4 Å². The number of benzene rings is 1. The summed E-state index contributed by atoms with van der Waals surface area (Å²) in [5, 5.41) is 4.14. The van der Waals surface area contributed by atoms with E-state index >= 15 is 0 Å². The SMILES string of the molecule is CN(C)S(=O)(=O)c1ccc(N)c(-n2cc(I)cn2)c1. The highest BCUT2D eigenvalue weighted by Crippen LogP contribution is 2.23. The molecule has 0 aliphatic rings. The maximum absolute atomic E-state index is 12.1. The first-order chi connectivity index (χ1) is 8.82. The molecule has 6 nitrogen and oxygen atoms in total. The molecule has 0 unspecified atom stereocenters.